The molecular weight excluding hydrogens is 480 g/mol. The molecule has 2 heterocycles. The number of carbonyl (C=O) groups is 2. The minimum absolute atomic E-state index is 0.0302. The predicted octanol–water partition coefficient (Wildman–Crippen LogP) is 3.14. The molecule has 4 amide bonds. The molecule has 3 atom stereocenters. The molecule has 0 aliphatic carbocycles. The van der Waals surface area contributed by atoms with Crippen molar-refractivity contribution in [1.82, 2.24) is 14.7 Å². The number of rotatable bonds is 18. The Morgan fingerprint density at radius 2 is 1.14 bits per heavy atom. The standard InChI is InChI=1S/C26H51N4O7/c1-19(2)11-34-15-27-23-24(29(25(27)32)17-36-13-21(5)6)30(9-10-31,18-37-14-22(7)8)26(33)28(23)16-35-12-20(3)4/h19-24,31H,9-18H2,1-8H3/q+1. The van der Waals surface area contributed by atoms with Crippen LogP contribution in [0.2, 0.25) is 0 Å². The smallest absolute Gasteiger partial charge is 0.390 e. The first kappa shape index (κ1) is 31.7. The van der Waals surface area contributed by atoms with Gasteiger partial charge in [-0.2, -0.15) is 4.48 Å². The van der Waals surface area contributed by atoms with Crippen LogP contribution >= 0.6 is 0 Å². The molecule has 11 heteroatoms. The average molecular weight is 532 g/mol. The second-order valence-electron chi connectivity index (χ2n) is 11.9. The van der Waals surface area contributed by atoms with E-state index in [4.69, 9.17) is 18.9 Å². The summed E-state index contributed by atoms with van der Waals surface area (Å²) in [6, 6.07) is -0.514. The summed E-state index contributed by atoms with van der Waals surface area (Å²) in [6.45, 7) is 18.2. The van der Waals surface area contributed by atoms with Gasteiger partial charge in [-0.15, -0.1) is 0 Å². The van der Waals surface area contributed by atoms with Crippen LogP contribution in [0.25, 0.3) is 0 Å². The first-order chi connectivity index (χ1) is 17.5. The van der Waals surface area contributed by atoms with E-state index < -0.39 is 12.3 Å². The molecule has 2 aliphatic heterocycles. The second kappa shape index (κ2) is 14.6. The Bertz CT molecular complexity index is 709. The van der Waals surface area contributed by atoms with E-state index in [2.05, 4.69) is 0 Å². The Morgan fingerprint density at radius 1 is 0.703 bits per heavy atom. The topological polar surface area (TPSA) is 101 Å². The summed E-state index contributed by atoms with van der Waals surface area (Å²) in [5.41, 5.74) is 0. The Balaban J connectivity index is 2.48. The van der Waals surface area contributed by atoms with E-state index in [1.165, 1.54) is 0 Å². The van der Waals surface area contributed by atoms with Crippen LogP contribution in [0.15, 0.2) is 0 Å². The van der Waals surface area contributed by atoms with Crippen LogP contribution in [0.4, 0.5) is 9.59 Å². The molecule has 0 aromatic rings. The van der Waals surface area contributed by atoms with Gasteiger partial charge in [0.05, 0.1) is 33.0 Å². The van der Waals surface area contributed by atoms with Gasteiger partial charge in [-0.3, -0.25) is 4.90 Å². The summed E-state index contributed by atoms with van der Waals surface area (Å²) in [5.74, 6) is 1.14. The molecule has 0 aromatic carbocycles. The van der Waals surface area contributed by atoms with Crippen LogP contribution in [-0.4, -0.2) is 115 Å². The number of hydrogen-bond acceptors (Lipinski definition) is 7. The van der Waals surface area contributed by atoms with Gasteiger partial charge in [-0.1, -0.05) is 55.4 Å². The van der Waals surface area contributed by atoms with E-state index in [0.29, 0.717) is 32.3 Å². The van der Waals surface area contributed by atoms with Crippen LogP contribution in [0.3, 0.4) is 0 Å². The molecule has 2 rings (SSSR count). The number of aliphatic hydroxyl groups is 1. The lowest BCUT2D eigenvalue weighted by Crippen LogP contribution is -2.63. The van der Waals surface area contributed by atoms with Gasteiger partial charge in [-0.25, -0.2) is 19.4 Å². The fourth-order valence-corrected chi connectivity index (χ4v) is 4.66. The van der Waals surface area contributed by atoms with Crippen LogP contribution in [0, 0.1) is 23.7 Å². The minimum Gasteiger partial charge on any atom is -0.390 e. The number of urea groups is 2. The van der Waals surface area contributed by atoms with Gasteiger partial charge in [-0.05, 0) is 23.7 Å². The summed E-state index contributed by atoms with van der Waals surface area (Å²) in [5, 5.41) is 10.1. The molecule has 2 aliphatic rings. The van der Waals surface area contributed by atoms with E-state index >= 15 is 0 Å². The molecule has 2 fully saturated rings. The lowest BCUT2D eigenvalue weighted by Gasteiger charge is -2.37. The van der Waals surface area contributed by atoms with Crippen LogP contribution in [0.5, 0.6) is 0 Å². The summed E-state index contributed by atoms with van der Waals surface area (Å²) in [7, 11) is 0. The normalized spacial score (nSPS) is 24.2. The zero-order valence-corrected chi connectivity index (χ0v) is 24.2. The van der Waals surface area contributed by atoms with Gasteiger partial charge >= 0.3 is 12.1 Å². The molecule has 11 nitrogen and oxygen atoms in total. The zero-order valence-electron chi connectivity index (χ0n) is 24.2. The van der Waals surface area contributed by atoms with Crippen molar-refractivity contribution < 1.29 is 38.1 Å². The van der Waals surface area contributed by atoms with Crippen molar-refractivity contribution in [1.29, 1.82) is 0 Å². The summed E-state index contributed by atoms with van der Waals surface area (Å²) >= 11 is 0. The monoisotopic (exact) mass is 531 g/mol. The van der Waals surface area contributed by atoms with Crippen LogP contribution < -0.4 is 0 Å². The highest BCUT2D eigenvalue weighted by molar-refractivity contribution is 5.81. The summed E-state index contributed by atoms with van der Waals surface area (Å²) in [4.78, 5) is 32.7. The second-order valence-corrected chi connectivity index (χ2v) is 11.9. The van der Waals surface area contributed by atoms with E-state index in [1.807, 2.05) is 55.4 Å². The van der Waals surface area contributed by atoms with Crippen molar-refractivity contribution in [2.24, 2.45) is 23.7 Å². The predicted molar refractivity (Wildman–Crippen MR) is 139 cm³/mol. The highest BCUT2D eigenvalue weighted by Gasteiger charge is 2.69. The van der Waals surface area contributed by atoms with Gasteiger partial charge < -0.3 is 24.1 Å². The van der Waals surface area contributed by atoms with E-state index in [1.54, 1.807) is 14.7 Å². The van der Waals surface area contributed by atoms with Gasteiger partial charge in [0.1, 0.15) is 26.7 Å². The van der Waals surface area contributed by atoms with Gasteiger partial charge in [0.25, 0.3) is 0 Å². The number of amides is 4. The lowest BCUT2D eigenvalue weighted by molar-refractivity contribution is -0.897. The molecule has 0 radical (unpaired) electrons. The Labute approximate surface area is 223 Å². The first-order valence-corrected chi connectivity index (χ1v) is 13.6. The molecule has 2 saturated heterocycles. The zero-order chi connectivity index (χ0) is 27.8. The third-order valence-corrected chi connectivity index (χ3v) is 6.17. The largest absolute Gasteiger partial charge is 0.426 e. The van der Waals surface area contributed by atoms with Crippen LogP contribution in [0.1, 0.15) is 55.4 Å². The average Bonchev–Trinajstić information content (AvgIpc) is 3.18. The number of fused-ring (bicyclic) bond motifs is 1. The van der Waals surface area contributed by atoms with E-state index in [-0.39, 0.29) is 74.4 Å². The number of ether oxygens (including phenoxy) is 4. The van der Waals surface area contributed by atoms with Gasteiger partial charge in [0.2, 0.25) is 6.17 Å². The first-order valence-electron chi connectivity index (χ1n) is 13.6. The van der Waals surface area contributed by atoms with Crippen molar-refractivity contribution in [2.45, 2.75) is 67.7 Å². The van der Waals surface area contributed by atoms with Crippen molar-refractivity contribution in [3.8, 4) is 0 Å². The Kier molecular flexibility index (Phi) is 12.5. The maximum Gasteiger partial charge on any atom is 0.426 e. The maximum absolute atomic E-state index is 14.1. The number of nitrogens with zero attached hydrogens (tertiary/aromatic N) is 4. The van der Waals surface area contributed by atoms with Crippen molar-refractivity contribution in [2.75, 3.05) is 66.5 Å². The molecule has 3 unspecified atom stereocenters. The summed E-state index contributed by atoms with van der Waals surface area (Å²) in [6.07, 6.45) is -1.28. The van der Waals surface area contributed by atoms with E-state index in [0.717, 1.165) is 0 Å². The minimum atomic E-state index is -0.642. The molecule has 0 aromatic heterocycles. The molecule has 37 heavy (non-hydrogen) atoms. The molecule has 0 saturated carbocycles. The van der Waals surface area contributed by atoms with E-state index in [9.17, 15) is 14.7 Å². The quantitative estimate of drug-likeness (QED) is 0.271. The fraction of sp³-hybridized carbons (Fsp3) is 0.923. The number of aliphatic hydroxyl groups excluding tert-OH is 1. The van der Waals surface area contributed by atoms with Gasteiger partial charge in [0, 0.05) is 0 Å². The fourth-order valence-electron chi connectivity index (χ4n) is 4.66. The molecule has 0 spiro atoms. The van der Waals surface area contributed by atoms with Crippen molar-refractivity contribution in [3.63, 3.8) is 0 Å². The molecule has 216 valence electrons. The number of quaternary nitrogens is 1. The molecule has 1 N–H and O–H groups in total. The molecule has 0 bridgehead atoms. The number of hydrogen-bond donors (Lipinski definition) is 1. The molecular formula is C26H51N4O7+. The Hall–Kier alpha value is -1.50. The van der Waals surface area contributed by atoms with Crippen LogP contribution in [-0.2, 0) is 18.9 Å². The SMILES string of the molecule is CC(C)COCN1C(=O)N(COCC(C)C)C2C1N(COCC(C)C)C(=O)[N+]2(CCO)COCC(C)C. The number of carbonyl (C=O) groups excluding carboxylic acids is 2. The lowest BCUT2D eigenvalue weighted by atomic mass is 10.2. The third kappa shape index (κ3) is 8.00. The third-order valence-electron chi connectivity index (χ3n) is 6.17. The van der Waals surface area contributed by atoms with Gasteiger partial charge in [0.15, 0.2) is 12.9 Å². The highest BCUT2D eigenvalue weighted by Crippen LogP contribution is 2.40. The van der Waals surface area contributed by atoms with Crippen molar-refractivity contribution in [3.05, 3.63) is 0 Å². The van der Waals surface area contributed by atoms with Crippen molar-refractivity contribution >= 4 is 12.1 Å². The maximum atomic E-state index is 14.1. The summed E-state index contributed by atoms with van der Waals surface area (Å²) < 4.78 is 23.5. The Morgan fingerprint density at radius 3 is 1.59 bits per heavy atom. The highest BCUT2D eigenvalue weighted by atomic mass is 16.5.